The maximum atomic E-state index is 12.4. The number of methoxy groups -OCH3 is 3. The molecule has 1 aliphatic rings. The predicted molar refractivity (Wildman–Crippen MR) is 97.8 cm³/mol. The van der Waals surface area contributed by atoms with Crippen molar-refractivity contribution in [1.82, 2.24) is 10.6 Å². The highest BCUT2D eigenvalue weighted by atomic mass is 16.5. The standard InChI is InChI=1S/C19H28N2O5/c1-20-19(23)13-5-7-14(8-6-13)21-17(22)11-12-9-15(24-2)18(26-4)16(10-12)25-3/h9-10,13-14H,5-8,11H2,1-4H3,(H,20,23)(H,21,22). The maximum Gasteiger partial charge on any atom is 0.224 e. The van der Waals surface area contributed by atoms with E-state index in [1.54, 1.807) is 40.5 Å². The third kappa shape index (κ3) is 4.80. The molecule has 2 rings (SSSR count). The van der Waals surface area contributed by atoms with Gasteiger partial charge < -0.3 is 24.8 Å². The van der Waals surface area contributed by atoms with Crippen molar-refractivity contribution in [3.63, 3.8) is 0 Å². The van der Waals surface area contributed by atoms with Crippen molar-refractivity contribution >= 4 is 11.8 Å². The van der Waals surface area contributed by atoms with Crippen molar-refractivity contribution in [2.24, 2.45) is 5.92 Å². The number of hydrogen-bond donors (Lipinski definition) is 2. The summed E-state index contributed by atoms with van der Waals surface area (Å²) in [4.78, 5) is 24.1. The number of nitrogens with one attached hydrogen (secondary N) is 2. The summed E-state index contributed by atoms with van der Waals surface area (Å²) in [6.45, 7) is 0. The number of amides is 2. The smallest absolute Gasteiger partial charge is 0.224 e. The molecule has 0 aliphatic heterocycles. The fraction of sp³-hybridized carbons (Fsp3) is 0.579. The number of hydrogen-bond acceptors (Lipinski definition) is 5. The van der Waals surface area contributed by atoms with E-state index in [9.17, 15) is 9.59 Å². The SMILES string of the molecule is CNC(=O)C1CCC(NC(=O)Cc2cc(OC)c(OC)c(OC)c2)CC1. The third-order valence-electron chi connectivity index (χ3n) is 4.80. The van der Waals surface area contributed by atoms with Gasteiger partial charge in [0.15, 0.2) is 11.5 Å². The Morgan fingerprint density at radius 1 is 1.00 bits per heavy atom. The van der Waals surface area contributed by atoms with Crippen LogP contribution in [0.15, 0.2) is 12.1 Å². The molecule has 7 nitrogen and oxygen atoms in total. The molecule has 0 saturated heterocycles. The van der Waals surface area contributed by atoms with E-state index >= 15 is 0 Å². The van der Waals surface area contributed by atoms with Crippen LogP contribution in [0.4, 0.5) is 0 Å². The Bertz CT molecular complexity index is 614. The molecule has 0 radical (unpaired) electrons. The normalized spacial score (nSPS) is 19.4. The van der Waals surface area contributed by atoms with Crippen LogP contribution >= 0.6 is 0 Å². The van der Waals surface area contributed by atoms with E-state index in [-0.39, 0.29) is 30.2 Å². The van der Waals surface area contributed by atoms with Gasteiger partial charge in [0.05, 0.1) is 27.8 Å². The number of carbonyl (C=O) groups is 2. The van der Waals surface area contributed by atoms with Gasteiger partial charge in [-0.1, -0.05) is 0 Å². The topological polar surface area (TPSA) is 85.9 Å². The fourth-order valence-corrected chi connectivity index (χ4v) is 3.41. The summed E-state index contributed by atoms with van der Waals surface area (Å²) in [6, 6.07) is 3.68. The maximum absolute atomic E-state index is 12.4. The van der Waals surface area contributed by atoms with Gasteiger partial charge in [-0.15, -0.1) is 0 Å². The van der Waals surface area contributed by atoms with E-state index in [4.69, 9.17) is 14.2 Å². The molecule has 1 aliphatic carbocycles. The van der Waals surface area contributed by atoms with Gasteiger partial charge in [-0.3, -0.25) is 9.59 Å². The van der Waals surface area contributed by atoms with Crippen molar-refractivity contribution in [1.29, 1.82) is 0 Å². The van der Waals surface area contributed by atoms with Crippen LogP contribution in [0.25, 0.3) is 0 Å². The zero-order valence-electron chi connectivity index (χ0n) is 15.9. The quantitative estimate of drug-likeness (QED) is 0.769. The van der Waals surface area contributed by atoms with Gasteiger partial charge in [0, 0.05) is 19.0 Å². The van der Waals surface area contributed by atoms with Crippen molar-refractivity contribution < 1.29 is 23.8 Å². The van der Waals surface area contributed by atoms with Crippen LogP contribution < -0.4 is 24.8 Å². The molecule has 26 heavy (non-hydrogen) atoms. The van der Waals surface area contributed by atoms with Crippen LogP contribution in [0.5, 0.6) is 17.2 Å². The van der Waals surface area contributed by atoms with Crippen LogP contribution in [0.1, 0.15) is 31.2 Å². The zero-order valence-corrected chi connectivity index (χ0v) is 15.9. The number of ether oxygens (including phenoxy) is 3. The molecule has 144 valence electrons. The van der Waals surface area contributed by atoms with Gasteiger partial charge in [0.2, 0.25) is 17.6 Å². The summed E-state index contributed by atoms with van der Waals surface area (Å²) in [7, 11) is 6.30. The first kappa shape index (κ1) is 19.9. The predicted octanol–water partition coefficient (Wildman–Crippen LogP) is 1.68. The molecule has 0 heterocycles. The highest BCUT2D eigenvalue weighted by Crippen LogP contribution is 2.38. The lowest BCUT2D eigenvalue weighted by molar-refractivity contribution is -0.125. The van der Waals surface area contributed by atoms with E-state index in [0.717, 1.165) is 31.2 Å². The molecule has 7 heteroatoms. The first-order valence-corrected chi connectivity index (χ1v) is 8.82. The molecule has 1 aromatic rings. The van der Waals surface area contributed by atoms with Crippen molar-refractivity contribution in [3.05, 3.63) is 17.7 Å². The second-order valence-electron chi connectivity index (χ2n) is 6.44. The second kappa shape index (κ2) is 9.31. The van der Waals surface area contributed by atoms with Gasteiger partial charge in [-0.25, -0.2) is 0 Å². The molecule has 0 bridgehead atoms. The van der Waals surface area contributed by atoms with Crippen molar-refractivity contribution in [2.75, 3.05) is 28.4 Å². The fourth-order valence-electron chi connectivity index (χ4n) is 3.41. The Balaban J connectivity index is 1.95. The van der Waals surface area contributed by atoms with Crippen LogP contribution in [0.2, 0.25) is 0 Å². The van der Waals surface area contributed by atoms with E-state index in [2.05, 4.69) is 10.6 Å². The minimum atomic E-state index is -0.0531. The number of benzene rings is 1. The summed E-state index contributed by atoms with van der Waals surface area (Å²) >= 11 is 0. The largest absolute Gasteiger partial charge is 0.493 e. The molecular weight excluding hydrogens is 336 g/mol. The van der Waals surface area contributed by atoms with Crippen LogP contribution in [0, 0.1) is 5.92 Å². The third-order valence-corrected chi connectivity index (χ3v) is 4.80. The highest BCUT2D eigenvalue weighted by Gasteiger charge is 2.26. The molecule has 0 unspecified atom stereocenters. The molecule has 0 aromatic heterocycles. The van der Waals surface area contributed by atoms with Crippen LogP contribution in [0.3, 0.4) is 0 Å². The lowest BCUT2D eigenvalue weighted by Gasteiger charge is -2.28. The molecule has 1 aromatic carbocycles. The summed E-state index contributed by atoms with van der Waals surface area (Å²) in [5.74, 6) is 1.66. The Morgan fingerprint density at radius 3 is 2.04 bits per heavy atom. The van der Waals surface area contributed by atoms with E-state index in [1.807, 2.05) is 0 Å². The molecule has 0 atom stereocenters. The molecule has 2 amide bonds. The monoisotopic (exact) mass is 364 g/mol. The van der Waals surface area contributed by atoms with Gasteiger partial charge in [-0.05, 0) is 43.4 Å². The Morgan fingerprint density at radius 2 is 1.58 bits per heavy atom. The lowest BCUT2D eigenvalue weighted by atomic mass is 9.85. The van der Waals surface area contributed by atoms with Gasteiger partial charge in [0.1, 0.15) is 0 Å². The molecule has 1 saturated carbocycles. The average Bonchev–Trinajstić information content (AvgIpc) is 2.66. The van der Waals surface area contributed by atoms with E-state index in [1.165, 1.54) is 0 Å². The van der Waals surface area contributed by atoms with Crippen molar-refractivity contribution in [2.45, 2.75) is 38.1 Å². The molecule has 1 fully saturated rings. The summed E-state index contributed by atoms with van der Waals surface area (Å²) in [6.07, 6.45) is 3.47. The summed E-state index contributed by atoms with van der Waals surface area (Å²) < 4.78 is 15.9. The minimum Gasteiger partial charge on any atom is -0.493 e. The second-order valence-corrected chi connectivity index (χ2v) is 6.44. The van der Waals surface area contributed by atoms with Crippen LogP contribution in [-0.2, 0) is 16.0 Å². The lowest BCUT2D eigenvalue weighted by Crippen LogP contribution is -2.40. The minimum absolute atomic E-state index is 0.0531. The summed E-state index contributed by atoms with van der Waals surface area (Å²) in [5.41, 5.74) is 0.788. The summed E-state index contributed by atoms with van der Waals surface area (Å²) in [5, 5.41) is 5.76. The van der Waals surface area contributed by atoms with Gasteiger partial charge in [-0.2, -0.15) is 0 Å². The Labute approximate surface area is 154 Å². The number of rotatable bonds is 7. The highest BCUT2D eigenvalue weighted by molar-refractivity contribution is 5.80. The molecule has 2 N–H and O–H groups in total. The molecule has 0 spiro atoms. The van der Waals surface area contributed by atoms with Crippen LogP contribution in [-0.4, -0.2) is 46.2 Å². The van der Waals surface area contributed by atoms with E-state index in [0.29, 0.717) is 17.2 Å². The Kier molecular flexibility index (Phi) is 7.12. The van der Waals surface area contributed by atoms with E-state index < -0.39 is 0 Å². The van der Waals surface area contributed by atoms with Gasteiger partial charge >= 0.3 is 0 Å². The Hall–Kier alpha value is -2.44. The first-order chi connectivity index (χ1) is 12.5. The zero-order chi connectivity index (χ0) is 19.1. The first-order valence-electron chi connectivity index (χ1n) is 8.82. The molecular formula is C19H28N2O5. The van der Waals surface area contributed by atoms with Crippen molar-refractivity contribution in [3.8, 4) is 17.2 Å². The van der Waals surface area contributed by atoms with Gasteiger partial charge in [0.25, 0.3) is 0 Å². The average molecular weight is 364 g/mol. The number of carbonyl (C=O) groups excluding carboxylic acids is 2.